The number of allylic oxidation sites excluding steroid dienone is 2. The molecule has 37 heavy (non-hydrogen) atoms. The van der Waals surface area contributed by atoms with Gasteiger partial charge in [-0.3, -0.25) is 15.1 Å². The molecule has 2 aliphatic heterocycles. The van der Waals surface area contributed by atoms with Gasteiger partial charge in [0.25, 0.3) is 5.91 Å². The van der Waals surface area contributed by atoms with Crippen LogP contribution in [0.5, 0.6) is 0 Å². The van der Waals surface area contributed by atoms with Gasteiger partial charge in [-0.05, 0) is 60.6 Å². The number of carbonyl (C=O) groups excluding carboxylic acids is 1. The molecule has 2 heterocycles. The molecule has 0 radical (unpaired) electrons. The average molecular weight is 533 g/mol. The van der Waals surface area contributed by atoms with Gasteiger partial charge in [-0.25, -0.2) is 5.01 Å². The maximum atomic E-state index is 13.6. The topological polar surface area (TPSA) is 57.1 Å². The van der Waals surface area contributed by atoms with Crippen LogP contribution in [0.2, 0.25) is 5.02 Å². The minimum atomic E-state index is -0.207. The fourth-order valence-electron chi connectivity index (χ4n) is 6.54. The molecule has 0 bridgehead atoms. The molecule has 2 aromatic carbocycles. The van der Waals surface area contributed by atoms with Crippen LogP contribution in [-0.2, 0) is 10.5 Å². The van der Waals surface area contributed by atoms with E-state index >= 15 is 0 Å². The number of halogens is 1. The standard InChI is InChI=1S/C30H33ClN4OS/c1-18-15-19-10-8-14-30(2,3)23(19)16-22(18)27-32-25-13-7-5-11-21(25)26-28(36)33-29(34-35(26)27)37-17-20-9-4-6-12-24(20)31/h4-7,9-13,18,22-23,27H,8,14-17H2,1-3H3,(H,33,34,36)/t18-,22-,23-,27-/m1/s1. The summed E-state index contributed by atoms with van der Waals surface area (Å²) in [5.41, 5.74) is 3.52. The van der Waals surface area contributed by atoms with E-state index in [2.05, 4.69) is 32.2 Å². The van der Waals surface area contributed by atoms with E-state index in [0.29, 0.717) is 34.4 Å². The summed E-state index contributed by atoms with van der Waals surface area (Å²) in [6, 6.07) is 15.8. The fourth-order valence-corrected chi connectivity index (χ4v) is 7.68. The number of carbonyl (C=O) groups is 1. The van der Waals surface area contributed by atoms with Crippen LogP contribution >= 0.6 is 23.4 Å². The van der Waals surface area contributed by atoms with E-state index in [9.17, 15) is 4.79 Å². The maximum absolute atomic E-state index is 13.6. The van der Waals surface area contributed by atoms with Gasteiger partial charge >= 0.3 is 0 Å². The molecule has 1 fully saturated rings. The predicted octanol–water partition coefficient (Wildman–Crippen LogP) is 5.45. The first kappa shape index (κ1) is 24.7. The minimum absolute atomic E-state index is 0.119. The maximum Gasteiger partial charge on any atom is 0.276 e. The quantitative estimate of drug-likeness (QED) is 0.535. The highest BCUT2D eigenvalue weighted by Crippen LogP contribution is 2.52. The van der Waals surface area contributed by atoms with E-state index in [1.807, 2.05) is 53.5 Å². The van der Waals surface area contributed by atoms with Crippen LogP contribution in [0.1, 0.15) is 52.0 Å². The van der Waals surface area contributed by atoms with Crippen molar-refractivity contribution in [2.75, 3.05) is 0 Å². The molecule has 1 N–H and O–H groups in total. The molecule has 0 aromatic heterocycles. The van der Waals surface area contributed by atoms with Crippen molar-refractivity contribution in [2.24, 2.45) is 33.3 Å². The van der Waals surface area contributed by atoms with Crippen LogP contribution in [0.15, 0.2) is 70.3 Å². The lowest BCUT2D eigenvalue weighted by molar-refractivity contribution is -0.116. The van der Waals surface area contributed by atoms with Gasteiger partial charge in [0.15, 0.2) is 5.17 Å². The van der Waals surface area contributed by atoms with Gasteiger partial charge in [0, 0.05) is 21.9 Å². The highest BCUT2D eigenvalue weighted by molar-refractivity contribution is 8.13. The van der Waals surface area contributed by atoms with Crippen LogP contribution in [0.3, 0.4) is 0 Å². The molecule has 0 saturated heterocycles. The highest BCUT2D eigenvalue weighted by Gasteiger charge is 2.46. The largest absolute Gasteiger partial charge is 0.298 e. The number of nitrogens with one attached hydrogen (secondary N) is 1. The first-order chi connectivity index (χ1) is 17.8. The van der Waals surface area contributed by atoms with Gasteiger partial charge in [0.1, 0.15) is 11.9 Å². The Hall–Kier alpha value is -2.57. The zero-order valence-electron chi connectivity index (χ0n) is 21.6. The Labute approximate surface area is 227 Å². The molecule has 7 heteroatoms. The second-order valence-electron chi connectivity index (χ2n) is 11.4. The van der Waals surface area contributed by atoms with Crippen LogP contribution < -0.4 is 15.9 Å². The van der Waals surface area contributed by atoms with Crippen molar-refractivity contribution in [1.82, 2.24) is 10.3 Å². The third-order valence-electron chi connectivity index (χ3n) is 8.63. The van der Waals surface area contributed by atoms with Crippen molar-refractivity contribution in [2.45, 2.75) is 58.4 Å². The van der Waals surface area contributed by atoms with Gasteiger partial charge in [-0.15, -0.1) is 5.10 Å². The summed E-state index contributed by atoms with van der Waals surface area (Å²) >= 11 is 7.88. The minimum Gasteiger partial charge on any atom is -0.298 e. The van der Waals surface area contributed by atoms with Crippen molar-refractivity contribution >= 4 is 40.1 Å². The van der Waals surface area contributed by atoms with E-state index in [1.165, 1.54) is 24.6 Å². The number of rotatable bonds is 3. The van der Waals surface area contributed by atoms with Gasteiger partial charge in [0.2, 0.25) is 0 Å². The predicted molar refractivity (Wildman–Crippen MR) is 151 cm³/mol. The first-order valence-corrected chi connectivity index (χ1v) is 14.6. The Morgan fingerprint density at radius 1 is 1.16 bits per heavy atom. The molecule has 4 atom stereocenters. The molecule has 1 saturated carbocycles. The molecule has 2 aromatic rings. The van der Waals surface area contributed by atoms with E-state index in [0.717, 1.165) is 34.0 Å². The third-order valence-corrected chi connectivity index (χ3v) is 9.91. The zero-order chi connectivity index (χ0) is 25.7. The number of amides is 1. The van der Waals surface area contributed by atoms with Gasteiger partial charge in [-0.2, -0.15) is 0 Å². The third kappa shape index (κ3) is 4.52. The van der Waals surface area contributed by atoms with Gasteiger partial charge < -0.3 is 0 Å². The lowest BCUT2D eigenvalue weighted by atomic mass is 9.58. The normalized spacial score (nSPS) is 28.2. The van der Waals surface area contributed by atoms with E-state index in [1.54, 1.807) is 5.57 Å². The number of hydrazone groups is 1. The second kappa shape index (κ2) is 9.63. The van der Waals surface area contributed by atoms with Crippen molar-refractivity contribution in [3.05, 3.63) is 81.3 Å². The van der Waals surface area contributed by atoms with Crippen LogP contribution in [0.4, 0.5) is 0 Å². The number of thioether (sulfide) groups is 1. The van der Waals surface area contributed by atoms with E-state index < -0.39 is 0 Å². The highest BCUT2D eigenvalue weighted by atomic mass is 35.5. The van der Waals surface area contributed by atoms with Crippen LogP contribution in [-0.4, -0.2) is 22.2 Å². The Morgan fingerprint density at radius 3 is 2.78 bits per heavy atom. The smallest absolute Gasteiger partial charge is 0.276 e. The lowest BCUT2D eigenvalue weighted by Gasteiger charge is -2.49. The molecule has 2 aliphatic carbocycles. The molecule has 1 amide bonds. The van der Waals surface area contributed by atoms with Gasteiger partial charge in [-0.1, -0.05) is 92.2 Å². The van der Waals surface area contributed by atoms with E-state index in [4.69, 9.17) is 21.7 Å². The molecule has 0 unspecified atom stereocenters. The average Bonchev–Trinajstić information content (AvgIpc) is 2.87. The number of hydrogen-bond acceptors (Lipinski definition) is 5. The SMILES string of the molecule is C[C@@H]1CC2=CCCC(C)(C)[C@@H]2C[C@H]1[C@@H]1N=c2ccccc2=C2C(=O)NC(SCc3ccccc3Cl)=NN21. The molecule has 192 valence electrons. The Kier molecular flexibility index (Phi) is 6.44. The van der Waals surface area contributed by atoms with E-state index in [-0.39, 0.29) is 17.5 Å². The number of fused-ring (bicyclic) bond motifs is 3. The second-order valence-corrected chi connectivity index (χ2v) is 12.8. The molecule has 5 nitrogen and oxygen atoms in total. The Balaban J connectivity index is 1.38. The van der Waals surface area contributed by atoms with Crippen LogP contribution in [0.25, 0.3) is 5.70 Å². The summed E-state index contributed by atoms with van der Waals surface area (Å²) in [5.74, 6) is 1.81. The number of hydrogen-bond donors (Lipinski definition) is 1. The number of para-hydroxylation sites is 1. The molecular formula is C30H33ClN4OS. The molecular weight excluding hydrogens is 500 g/mol. The molecule has 6 rings (SSSR count). The summed E-state index contributed by atoms with van der Waals surface area (Å²) in [4.78, 5) is 18.8. The first-order valence-electron chi connectivity index (χ1n) is 13.2. The van der Waals surface area contributed by atoms with Crippen molar-refractivity contribution in [3.63, 3.8) is 0 Å². The van der Waals surface area contributed by atoms with Crippen molar-refractivity contribution < 1.29 is 4.79 Å². The summed E-state index contributed by atoms with van der Waals surface area (Å²) in [7, 11) is 0. The fraction of sp³-hybridized carbons (Fsp3) is 0.433. The summed E-state index contributed by atoms with van der Waals surface area (Å²) in [6.07, 6.45) is 6.85. The summed E-state index contributed by atoms with van der Waals surface area (Å²) in [5, 5.41) is 13.0. The monoisotopic (exact) mass is 532 g/mol. The van der Waals surface area contributed by atoms with Gasteiger partial charge in [0.05, 0.1) is 5.36 Å². The molecule has 4 aliphatic rings. The van der Waals surface area contributed by atoms with Crippen LogP contribution in [0, 0.1) is 23.2 Å². The lowest BCUT2D eigenvalue weighted by Crippen LogP contribution is -2.56. The molecule has 0 spiro atoms. The van der Waals surface area contributed by atoms with Crippen molar-refractivity contribution in [1.29, 1.82) is 0 Å². The Bertz CT molecular complexity index is 1430. The number of benzene rings is 2. The van der Waals surface area contributed by atoms with Crippen molar-refractivity contribution in [3.8, 4) is 0 Å². The number of nitrogens with zero attached hydrogens (tertiary/aromatic N) is 3. The zero-order valence-corrected chi connectivity index (χ0v) is 23.1. The summed E-state index contributed by atoms with van der Waals surface area (Å²) < 4.78 is 0. The Morgan fingerprint density at radius 2 is 1.95 bits per heavy atom. The number of amidine groups is 1. The summed E-state index contributed by atoms with van der Waals surface area (Å²) in [6.45, 7) is 7.18.